The summed E-state index contributed by atoms with van der Waals surface area (Å²) in [4.78, 5) is 0. The van der Waals surface area contributed by atoms with Gasteiger partial charge in [0.1, 0.15) is 0 Å². The van der Waals surface area contributed by atoms with E-state index in [9.17, 15) is 8.76 Å². The average molecular weight is 220 g/mol. The van der Waals surface area contributed by atoms with E-state index >= 15 is 0 Å². The van der Waals surface area contributed by atoms with Crippen molar-refractivity contribution >= 4 is 11.3 Å². The average Bonchev–Trinajstić information content (AvgIpc) is 2.21. The van der Waals surface area contributed by atoms with Crippen LogP contribution in [-0.4, -0.2) is 26.2 Å². The maximum absolute atomic E-state index is 10.6. The molecule has 1 fully saturated rings. The van der Waals surface area contributed by atoms with Gasteiger partial charge in [0.05, 0.1) is 0 Å². The fraction of sp³-hybridized carbons (Fsp3) is 1.00. The normalized spacial score (nSPS) is 21.6. The maximum atomic E-state index is 10.6. The van der Waals surface area contributed by atoms with Crippen molar-refractivity contribution in [3.63, 3.8) is 0 Å². The Balaban J connectivity index is 0.000000791. The summed E-state index contributed by atoms with van der Waals surface area (Å²) in [5.74, 6) is 1.40. The van der Waals surface area contributed by atoms with Crippen LogP contribution in [0.1, 0.15) is 40.5 Å². The molecule has 4 heteroatoms. The zero-order valence-corrected chi connectivity index (χ0v) is 10.5. The Hall–Kier alpha value is 0.0700. The zero-order valence-electron chi connectivity index (χ0n) is 9.66. The van der Waals surface area contributed by atoms with Gasteiger partial charge in [0, 0.05) is 24.4 Å². The molecule has 1 saturated heterocycles. The van der Waals surface area contributed by atoms with E-state index in [1.165, 1.54) is 4.31 Å². The molecule has 1 aliphatic heterocycles. The predicted molar refractivity (Wildman–Crippen MR) is 59.4 cm³/mol. The lowest BCUT2D eigenvalue weighted by Crippen LogP contribution is -2.36. The van der Waals surface area contributed by atoms with Crippen LogP contribution in [0.2, 0.25) is 0 Å². The highest BCUT2D eigenvalue weighted by atomic mass is 32.2. The Kier molecular flexibility index (Phi) is 7.41. The maximum Gasteiger partial charge on any atom is 0.0209 e. The van der Waals surface area contributed by atoms with Crippen LogP contribution in [-0.2, 0) is 11.3 Å². The van der Waals surface area contributed by atoms with Crippen LogP contribution in [0.3, 0.4) is 0 Å². The fourth-order valence-electron chi connectivity index (χ4n) is 1.69. The third-order valence-corrected chi connectivity index (χ3v) is 3.44. The number of hydrogen-bond acceptors (Lipinski definition) is 2. The minimum absolute atomic E-state index is 0.687. The van der Waals surface area contributed by atoms with Crippen LogP contribution in [0.15, 0.2) is 0 Å². The predicted octanol–water partition coefficient (Wildman–Crippen LogP) is 2.17. The van der Waals surface area contributed by atoms with Gasteiger partial charge in [-0.2, -0.15) is 0 Å². The van der Waals surface area contributed by atoms with E-state index in [0.29, 0.717) is 24.9 Å². The monoisotopic (exact) mass is 220 g/mol. The number of rotatable bonds is 2. The van der Waals surface area contributed by atoms with Crippen LogP contribution in [0.25, 0.3) is 0 Å². The van der Waals surface area contributed by atoms with Gasteiger partial charge >= 0.3 is 0 Å². The third kappa shape index (κ3) is 4.53. The van der Waals surface area contributed by atoms with E-state index in [0.717, 1.165) is 12.8 Å². The van der Waals surface area contributed by atoms with Crippen LogP contribution < -0.4 is 0 Å². The molecule has 0 aromatic carbocycles. The first-order valence-electron chi connectivity index (χ1n) is 5.45. The molecule has 0 spiro atoms. The SMILES string of the molecule is CC.CC(C)C1CCN(S(=O)[O-])CC1. The van der Waals surface area contributed by atoms with Gasteiger partial charge in [-0.05, 0) is 24.7 Å². The van der Waals surface area contributed by atoms with Gasteiger partial charge in [0.2, 0.25) is 0 Å². The molecule has 0 N–H and O–H groups in total. The fourth-order valence-corrected chi connectivity index (χ4v) is 2.20. The Bertz CT molecular complexity index is 166. The second-order valence-corrected chi connectivity index (χ2v) is 4.68. The lowest BCUT2D eigenvalue weighted by Gasteiger charge is -2.34. The summed E-state index contributed by atoms with van der Waals surface area (Å²) in [6.45, 7) is 9.82. The molecule has 0 saturated carbocycles. The van der Waals surface area contributed by atoms with Crippen molar-refractivity contribution in [1.82, 2.24) is 4.31 Å². The molecule has 14 heavy (non-hydrogen) atoms. The van der Waals surface area contributed by atoms with Crippen molar-refractivity contribution in [1.29, 1.82) is 0 Å². The molecule has 1 rings (SSSR count). The molecule has 0 aromatic heterocycles. The van der Waals surface area contributed by atoms with Crippen LogP contribution in [0.5, 0.6) is 0 Å². The minimum Gasteiger partial charge on any atom is -0.760 e. The van der Waals surface area contributed by atoms with Crippen molar-refractivity contribution in [2.45, 2.75) is 40.5 Å². The van der Waals surface area contributed by atoms with Crippen molar-refractivity contribution in [3.05, 3.63) is 0 Å². The molecule has 0 aromatic rings. The zero-order chi connectivity index (χ0) is 11.1. The highest BCUT2D eigenvalue weighted by molar-refractivity contribution is 7.76. The first kappa shape index (κ1) is 14.1. The summed E-state index contributed by atoms with van der Waals surface area (Å²) in [6.07, 6.45) is 2.04. The van der Waals surface area contributed by atoms with E-state index < -0.39 is 11.3 Å². The van der Waals surface area contributed by atoms with Gasteiger partial charge in [-0.3, -0.25) is 4.21 Å². The van der Waals surface area contributed by atoms with E-state index in [2.05, 4.69) is 13.8 Å². The molecule has 1 atom stereocenters. The number of nitrogens with zero attached hydrogens (tertiary/aromatic N) is 1. The standard InChI is InChI=1S/C8H17NO2S.C2H6/c1-7(2)8-3-5-9(6-4-8)12(10)11;1-2/h7-8H,3-6H2,1-2H3,(H,10,11);1-2H3/p-1. The van der Waals surface area contributed by atoms with Gasteiger partial charge in [-0.15, -0.1) is 0 Å². The van der Waals surface area contributed by atoms with Gasteiger partial charge in [0.25, 0.3) is 0 Å². The molecule has 1 aliphatic rings. The summed E-state index contributed by atoms with van der Waals surface area (Å²) in [5, 5.41) is 0. The van der Waals surface area contributed by atoms with E-state index in [4.69, 9.17) is 0 Å². The molecule has 0 radical (unpaired) electrons. The Morgan fingerprint density at radius 3 is 2.00 bits per heavy atom. The number of piperidine rings is 1. The van der Waals surface area contributed by atoms with E-state index in [1.807, 2.05) is 13.8 Å². The second kappa shape index (κ2) is 7.37. The smallest absolute Gasteiger partial charge is 0.0209 e. The Morgan fingerprint density at radius 1 is 1.29 bits per heavy atom. The van der Waals surface area contributed by atoms with Gasteiger partial charge in [-0.25, -0.2) is 4.31 Å². The summed E-state index contributed by atoms with van der Waals surface area (Å²) in [6, 6.07) is 0. The van der Waals surface area contributed by atoms with Crippen LogP contribution in [0, 0.1) is 11.8 Å². The molecule has 3 nitrogen and oxygen atoms in total. The molecule has 86 valence electrons. The largest absolute Gasteiger partial charge is 0.760 e. The van der Waals surface area contributed by atoms with E-state index in [-0.39, 0.29) is 0 Å². The summed E-state index contributed by atoms with van der Waals surface area (Å²) < 4.78 is 22.6. The highest BCUT2D eigenvalue weighted by Gasteiger charge is 2.21. The van der Waals surface area contributed by atoms with Crippen molar-refractivity contribution in [3.8, 4) is 0 Å². The summed E-state index contributed by atoms with van der Waals surface area (Å²) in [5.41, 5.74) is 0. The van der Waals surface area contributed by atoms with Crippen molar-refractivity contribution in [2.75, 3.05) is 13.1 Å². The molecule has 0 bridgehead atoms. The van der Waals surface area contributed by atoms with E-state index in [1.54, 1.807) is 0 Å². The molecular weight excluding hydrogens is 198 g/mol. The highest BCUT2D eigenvalue weighted by Crippen LogP contribution is 2.24. The summed E-state index contributed by atoms with van der Waals surface area (Å²) in [7, 11) is 0. The van der Waals surface area contributed by atoms with Crippen molar-refractivity contribution in [2.24, 2.45) is 11.8 Å². The minimum atomic E-state index is -2.00. The molecular formula is C10H22NO2S-. The second-order valence-electron chi connectivity index (χ2n) is 3.73. The third-order valence-electron chi connectivity index (χ3n) is 2.65. The van der Waals surface area contributed by atoms with Gasteiger partial charge in [-0.1, -0.05) is 27.7 Å². The lowest BCUT2D eigenvalue weighted by molar-refractivity contribution is 0.223. The molecule has 1 unspecified atom stereocenters. The summed E-state index contributed by atoms with van der Waals surface area (Å²) >= 11 is -2.00. The first-order chi connectivity index (χ1) is 6.61. The Labute approximate surface area is 90.3 Å². The molecule has 1 heterocycles. The quantitative estimate of drug-likeness (QED) is 0.669. The topological polar surface area (TPSA) is 43.4 Å². The van der Waals surface area contributed by atoms with Crippen LogP contribution >= 0.6 is 0 Å². The van der Waals surface area contributed by atoms with Gasteiger partial charge < -0.3 is 4.55 Å². The Morgan fingerprint density at radius 2 is 1.71 bits per heavy atom. The van der Waals surface area contributed by atoms with Crippen molar-refractivity contribution < 1.29 is 8.76 Å². The molecule has 0 aliphatic carbocycles. The number of hydrogen-bond donors (Lipinski definition) is 0. The molecule has 0 amide bonds. The van der Waals surface area contributed by atoms with Gasteiger partial charge in [0.15, 0.2) is 0 Å². The first-order valence-corrected chi connectivity index (χ1v) is 6.48. The van der Waals surface area contributed by atoms with Crippen LogP contribution in [0.4, 0.5) is 0 Å². The lowest BCUT2D eigenvalue weighted by atomic mass is 9.87.